The second kappa shape index (κ2) is 2.88. The normalized spacial score (nSPS) is 22.3. The highest BCUT2D eigenvalue weighted by molar-refractivity contribution is 5.64. The highest BCUT2D eigenvalue weighted by Gasteiger charge is 2.26. The van der Waals surface area contributed by atoms with Crippen molar-refractivity contribution in [2.24, 2.45) is 0 Å². The molecule has 0 aromatic heterocycles. The van der Waals surface area contributed by atoms with Gasteiger partial charge in [0.1, 0.15) is 0 Å². The lowest BCUT2D eigenvalue weighted by atomic mass is 10.4. The van der Waals surface area contributed by atoms with Crippen molar-refractivity contribution in [1.29, 1.82) is 0 Å². The van der Waals surface area contributed by atoms with Crippen molar-refractivity contribution in [1.82, 2.24) is 4.90 Å². The summed E-state index contributed by atoms with van der Waals surface area (Å²) in [6.45, 7) is 3.58. The summed E-state index contributed by atoms with van der Waals surface area (Å²) in [6, 6.07) is 0. The summed E-state index contributed by atoms with van der Waals surface area (Å²) >= 11 is 0. The van der Waals surface area contributed by atoms with Crippen molar-refractivity contribution in [3.8, 4) is 0 Å². The average molecular weight is 145 g/mol. The molecule has 1 fully saturated rings. The Balaban J connectivity index is 2.24. The van der Waals surface area contributed by atoms with E-state index in [4.69, 9.17) is 9.84 Å². The first-order valence-corrected chi connectivity index (χ1v) is 3.33. The number of epoxide rings is 1. The lowest BCUT2D eigenvalue weighted by Crippen LogP contribution is -2.32. The van der Waals surface area contributed by atoms with Gasteiger partial charge in [0, 0.05) is 6.54 Å². The fraction of sp³-hybridized carbons (Fsp3) is 0.833. The van der Waals surface area contributed by atoms with Gasteiger partial charge in [0.05, 0.1) is 19.3 Å². The van der Waals surface area contributed by atoms with Crippen molar-refractivity contribution in [3.05, 3.63) is 0 Å². The number of rotatable bonds is 3. The fourth-order valence-electron chi connectivity index (χ4n) is 0.762. The molecule has 1 saturated heterocycles. The van der Waals surface area contributed by atoms with Gasteiger partial charge in [-0.3, -0.25) is 0 Å². The molecule has 1 rings (SSSR count). The third-order valence-corrected chi connectivity index (χ3v) is 1.48. The predicted octanol–water partition coefficient (Wildman–Crippen LogP) is 0.385. The van der Waals surface area contributed by atoms with Crippen LogP contribution in [0.5, 0.6) is 0 Å². The minimum atomic E-state index is -0.863. The maximum Gasteiger partial charge on any atom is 0.407 e. The van der Waals surface area contributed by atoms with E-state index in [-0.39, 0.29) is 6.10 Å². The summed E-state index contributed by atoms with van der Waals surface area (Å²) in [5, 5.41) is 8.52. The number of carbonyl (C=O) groups is 1. The topological polar surface area (TPSA) is 53.1 Å². The van der Waals surface area contributed by atoms with E-state index in [1.807, 2.05) is 6.92 Å². The van der Waals surface area contributed by atoms with Crippen LogP contribution in [0.4, 0.5) is 4.79 Å². The van der Waals surface area contributed by atoms with E-state index in [9.17, 15) is 4.79 Å². The number of nitrogens with zero attached hydrogens (tertiary/aromatic N) is 1. The Morgan fingerprint density at radius 2 is 2.50 bits per heavy atom. The zero-order valence-corrected chi connectivity index (χ0v) is 5.91. The lowest BCUT2D eigenvalue weighted by molar-refractivity contribution is 0.143. The Kier molecular flexibility index (Phi) is 2.11. The molecule has 0 spiro atoms. The molecule has 58 valence electrons. The van der Waals surface area contributed by atoms with Crippen molar-refractivity contribution in [2.75, 3.05) is 19.7 Å². The molecule has 1 atom stereocenters. The van der Waals surface area contributed by atoms with E-state index >= 15 is 0 Å². The van der Waals surface area contributed by atoms with E-state index < -0.39 is 6.09 Å². The van der Waals surface area contributed by atoms with Crippen LogP contribution < -0.4 is 0 Å². The minimum absolute atomic E-state index is 0.163. The van der Waals surface area contributed by atoms with Gasteiger partial charge >= 0.3 is 6.09 Å². The number of carboxylic acid groups (broad SMARTS) is 1. The predicted molar refractivity (Wildman–Crippen MR) is 35.0 cm³/mol. The van der Waals surface area contributed by atoms with Gasteiger partial charge in [-0.15, -0.1) is 0 Å². The molecule has 1 aliphatic heterocycles. The largest absolute Gasteiger partial charge is 0.465 e. The molecule has 1 N–H and O–H groups in total. The monoisotopic (exact) mass is 145 g/mol. The SMILES string of the molecule is CCN(CC1CO1)C(=O)O. The number of amides is 1. The van der Waals surface area contributed by atoms with Gasteiger partial charge in [0.15, 0.2) is 0 Å². The van der Waals surface area contributed by atoms with Gasteiger partial charge in [-0.25, -0.2) is 4.79 Å². The van der Waals surface area contributed by atoms with Gasteiger partial charge in [-0.1, -0.05) is 0 Å². The minimum Gasteiger partial charge on any atom is -0.465 e. The van der Waals surface area contributed by atoms with Crippen molar-refractivity contribution < 1.29 is 14.6 Å². The first kappa shape index (κ1) is 7.34. The summed E-state index contributed by atoms with van der Waals surface area (Å²) in [7, 11) is 0. The van der Waals surface area contributed by atoms with Crippen molar-refractivity contribution in [3.63, 3.8) is 0 Å². The smallest absolute Gasteiger partial charge is 0.407 e. The molecule has 0 saturated carbocycles. The third kappa shape index (κ3) is 1.88. The van der Waals surface area contributed by atoms with Gasteiger partial charge in [0.25, 0.3) is 0 Å². The van der Waals surface area contributed by atoms with Gasteiger partial charge in [-0.05, 0) is 6.92 Å². The Labute approximate surface area is 59.4 Å². The summed E-state index contributed by atoms with van der Waals surface area (Å²) in [4.78, 5) is 11.7. The number of hydrogen-bond acceptors (Lipinski definition) is 2. The molecule has 1 amide bonds. The molecule has 0 bridgehead atoms. The van der Waals surface area contributed by atoms with E-state index in [1.54, 1.807) is 0 Å². The molecule has 4 nitrogen and oxygen atoms in total. The Morgan fingerprint density at radius 1 is 1.90 bits per heavy atom. The maximum absolute atomic E-state index is 10.4. The molecule has 1 heterocycles. The van der Waals surface area contributed by atoms with E-state index in [1.165, 1.54) is 4.90 Å². The van der Waals surface area contributed by atoms with Crippen LogP contribution in [-0.2, 0) is 4.74 Å². The van der Waals surface area contributed by atoms with Gasteiger partial charge < -0.3 is 14.7 Å². The number of ether oxygens (including phenoxy) is 1. The van der Waals surface area contributed by atoms with Crippen LogP contribution in [0.3, 0.4) is 0 Å². The zero-order valence-electron chi connectivity index (χ0n) is 5.91. The molecule has 1 aliphatic rings. The van der Waals surface area contributed by atoms with Crippen LogP contribution in [0, 0.1) is 0 Å². The highest BCUT2D eigenvalue weighted by atomic mass is 16.6. The van der Waals surface area contributed by atoms with Crippen molar-refractivity contribution >= 4 is 6.09 Å². The van der Waals surface area contributed by atoms with E-state index in [0.29, 0.717) is 19.7 Å². The van der Waals surface area contributed by atoms with Crippen LogP contribution in [0.2, 0.25) is 0 Å². The molecule has 1 unspecified atom stereocenters. The van der Waals surface area contributed by atoms with Crippen LogP contribution in [0.25, 0.3) is 0 Å². The zero-order chi connectivity index (χ0) is 7.56. The van der Waals surface area contributed by atoms with Crippen LogP contribution in [0.1, 0.15) is 6.92 Å². The summed E-state index contributed by atoms with van der Waals surface area (Å²) in [6.07, 6.45) is -0.700. The second-order valence-corrected chi connectivity index (χ2v) is 2.28. The first-order chi connectivity index (χ1) is 4.74. The van der Waals surface area contributed by atoms with Crippen LogP contribution in [-0.4, -0.2) is 41.9 Å². The quantitative estimate of drug-likeness (QED) is 0.584. The van der Waals surface area contributed by atoms with Crippen LogP contribution in [0.15, 0.2) is 0 Å². The summed E-state index contributed by atoms with van der Waals surface area (Å²) in [5.41, 5.74) is 0. The van der Waals surface area contributed by atoms with Crippen molar-refractivity contribution in [2.45, 2.75) is 13.0 Å². The third-order valence-electron chi connectivity index (χ3n) is 1.48. The number of hydrogen-bond donors (Lipinski definition) is 1. The standard InChI is InChI=1S/C6H11NO3/c1-2-7(6(8)9)3-5-4-10-5/h5H,2-4H2,1H3,(H,8,9). The maximum atomic E-state index is 10.4. The van der Waals surface area contributed by atoms with Gasteiger partial charge in [-0.2, -0.15) is 0 Å². The average Bonchev–Trinajstić information content (AvgIpc) is 2.64. The Bertz CT molecular complexity index is 133. The van der Waals surface area contributed by atoms with E-state index in [0.717, 1.165) is 0 Å². The van der Waals surface area contributed by atoms with Gasteiger partial charge in [0.2, 0.25) is 0 Å². The first-order valence-electron chi connectivity index (χ1n) is 3.33. The van der Waals surface area contributed by atoms with E-state index in [2.05, 4.69) is 0 Å². The fourth-order valence-corrected chi connectivity index (χ4v) is 0.762. The summed E-state index contributed by atoms with van der Waals surface area (Å²) < 4.78 is 4.89. The molecular weight excluding hydrogens is 134 g/mol. The Morgan fingerprint density at radius 3 is 2.80 bits per heavy atom. The molecule has 0 aromatic carbocycles. The molecule has 0 radical (unpaired) electrons. The molecule has 4 heteroatoms. The molecule has 0 aromatic rings. The Hall–Kier alpha value is -0.770. The molecule has 0 aliphatic carbocycles. The number of likely N-dealkylation sites (N-methyl/N-ethyl adjacent to an activating group) is 1. The molecular formula is C6H11NO3. The lowest BCUT2D eigenvalue weighted by Gasteiger charge is -2.14. The van der Waals surface area contributed by atoms with Crippen LogP contribution >= 0.6 is 0 Å². The highest BCUT2D eigenvalue weighted by Crippen LogP contribution is 2.10. The second-order valence-electron chi connectivity index (χ2n) is 2.28. The molecule has 10 heavy (non-hydrogen) atoms. The summed E-state index contributed by atoms with van der Waals surface area (Å²) in [5.74, 6) is 0.